The number of carbonyl (C=O) groups is 3. The average Bonchev–Trinajstić information content (AvgIpc) is 3.70. The van der Waals surface area contributed by atoms with Gasteiger partial charge in [0.2, 0.25) is 11.8 Å². The fourth-order valence-corrected chi connectivity index (χ4v) is 5.82. The van der Waals surface area contributed by atoms with Crippen LogP contribution in [0.5, 0.6) is 0 Å². The van der Waals surface area contributed by atoms with Crippen LogP contribution in [0, 0.1) is 0 Å². The molecule has 0 radical (unpaired) electrons. The summed E-state index contributed by atoms with van der Waals surface area (Å²) in [5, 5.41) is 6.97. The van der Waals surface area contributed by atoms with E-state index in [9.17, 15) is 40.7 Å². The molecule has 0 saturated carbocycles. The predicted octanol–water partition coefficient (Wildman–Crippen LogP) is 11.0. The molecule has 0 saturated heterocycles. The van der Waals surface area contributed by atoms with E-state index >= 15 is 0 Å². The Morgan fingerprint density at radius 3 is 1.53 bits per heavy atom. The van der Waals surface area contributed by atoms with Crippen molar-refractivity contribution < 1.29 is 54.9 Å². The number of benzene rings is 4. The Hall–Kier alpha value is -6.13. The number of aromatic nitrogens is 2. The number of nitrogens with one attached hydrogen (secondary N) is 3. The van der Waals surface area contributed by atoms with Crippen molar-refractivity contribution in [2.24, 2.45) is 0 Å². The SMILES string of the molecule is CC(=O)Nc1c[nH]c2ccc(COCc3ccc(C(F)(F)F)cc3)cc12.CC(=O)Nc1cn(C(=O)OC(C)(C)C)c2ccc(COCc3ccc(C(F)(F)F)cc3)cc12. The number of carbonyl (C=O) groups excluding carboxylic acids is 3. The van der Waals surface area contributed by atoms with Gasteiger partial charge in [0, 0.05) is 42.5 Å². The highest BCUT2D eigenvalue weighted by Gasteiger charge is 2.31. The fourth-order valence-electron chi connectivity index (χ4n) is 5.82. The van der Waals surface area contributed by atoms with Crippen molar-refractivity contribution in [3.63, 3.8) is 0 Å². The number of nitrogens with zero attached hydrogens (tertiary/aromatic N) is 1. The van der Waals surface area contributed by atoms with Crippen LogP contribution in [0.1, 0.15) is 68.0 Å². The average molecular weight is 825 g/mol. The molecule has 6 rings (SSSR count). The molecular formula is C43H42F6N4O6. The molecule has 10 nitrogen and oxygen atoms in total. The highest BCUT2D eigenvalue weighted by Crippen LogP contribution is 2.32. The Labute approximate surface area is 335 Å². The molecule has 0 fully saturated rings. The zero-order chi connectivity index (χ0) is 43.1. The summed E-state index contributed by atoms with van der Waals surface area (Å²) in [5.41, 5.74) is 3.46. The second-order valence-corrected chi connectivity index (χ2v) is 14.6. The highest BCUT2D eigenvalue weighted by atomic mass is 19.4. The van der Waals surface area contributed by atoms with Crippen LogP contribution in [-0.2, 0) is 62.6 Å². The van der Waals surface area contributed by atoms with Gasteiger partial charge in [0.1, 0.15) is 5.60 Å². The number of alkyl halides is 6. The lowest BCUT2D eigenvalue weighted by atomic mass is 10.1. The topological polar surface area (TPSA) is 124 Å². The van der Waals surface area contributed by atoms with E-state index in [1.54, 1.807) is 45.2 Å². The number of amides is 2. The lowest BCUT2D eigenvalue weighted by Gasteiger charge is -2.19. The molecule has 312 valence electrons. The van der Waals surface area contributed by atoms with E-state index in [0.717, 1.165) is 46.3 Å². The van der Waals surface area contributed by atoms with Gasteiger partial charge in [0.05, 0.1) is 54.4 Å². The summed E-state index contributed by atoms with van der Waals surface area (Å²) in [7, 11) is 0. The molecule has 0 unspecified atom stereocenters. The van der Waals surface area contributed by atoms with Crippen LogP contribution < -0.4 is 10.6 Å². The Morgan fingerprint density at radius 1 is 0.610 bits per heavy atom. The predicted molar refractivity (Wildman–Crippen MR) is 210 cm³/mol. The fraction of sp³-hybridized carbons (Fsp3) is 0.279. The van der Waals surface area contributed by atoms with Gasteiger partial charge in [-0.15, -0.1) is 0 Å². The quantitative estimate of drug-likeness (QED) is 0.118. The van der Waals surface area contributed by atoms with Gasteiger partial charge in [-0.25, -0.2) is 4.79 Å². The standard InChI is InChI=1S/C24H25F3N2O4.C19H17F3N2O2/c1-15(30)28-20-12-29(22(31)33-23(2,3)4)21-10-7-17(11-19(20)21)14-32-13-16-5-8-18(9-6-16)24(25,26)27;1-12(25)24-18-9-23-17-7-4-14(8-16(17)18)11-26-10-13-2-5-15(6-3-13)19(20,21)22/h5-12H,13-14H2,1-4H3,(H,28,30);2-9,23H,10-11H2,1H3,(H,24,25). The lowest BCUT2D eigenvalue weighted by molar-refractivity contribution is -0.138. The van der Waals surface area contributed by atoms with E-state index in [1.807, 2.05) is 18.2 Å². The van der Waals surface area contributed by atoms with Gasteiger partial charge in [0.15, 0.2) is 0 Å². The Bertz CT molecular complexity index is 2410. The van der Waals surface area contributed by atoms with E-state index in [-0.39, 0.29) is 31.6 Å². The van der Waals surface area contributed by atoms with Crippen LogP contribution in [0.3, 0.4) is 0 Å². The van der Waals surface area contributed by atoms with Crippen molar-refractivity contribution in [1.82, 2.24) is 9.55 Å². The van der Waals surface area contributed by atoms with Gasteiger partial charge in [-0.05, 0) is 91.6 Å². The second kappa shape index (κ2) is 18.2. The minimum atomic E-state index is -4.38. The van der Waals surface area contributed by atoms with E-state index in [0.29, 0.717) is 40.0 Å². The van der Waals surface area contributed by atoms with Crippen molar-refractivity contribution in [2.75, 3.05) is 10.6 Å². The highest BCUT2D eigenvalue weighted by molar-refractivity contribution is 6.04. The summed E-state index contributed by atoms with van der Waals surface area (Å²) < 4.78 is 93.7. The van der Waals surface area contributed by atoms with Gasteiger partial charge in [-0.2, -0.15) is 26.3 Å². The van der Waals surface area contributed by atoms with Crippen LogP contribution >= 0.6 is 0 Å². The molecular weight excluding hydrogens is 782 g/mol. The van der Waals surface area contributed by atoms with E-state index < -0.39 is 35.2 Å². The van der Waals surface area contributed by atoms with E-state index in [2.05, 4.69) is 15.6 Å². The Balaban J connectivity index is 0.000000230. The molecule has 4 aromatic carbocycles. The normalized spacial score (nSPS) is 11.9. The molecule has 0 bridgehead atoms. The van der Waals surface area contributed by atoms with E-state index in [1.165, 1.54) is 48.9 Å². The van der Waals surface area contributed by atoms with Gasteiger partial charge >= 0.3 is 18.4 Å². The van der Waals surface area contributed by atoms with Crippen molar-refractivity contribution in [3.05, 3.63) is 131 Å². The number of hydrogen-bond acceptors (Lipinski definition) is 6. The Kier molecular flexibility index (Phi) is 13.6. The third-order valence-corrected chi connectivity index (χ3v) is 8.46. The lowest BCUT2D eigenvalue weighted by Crippen LogP contribution is -2.26. The van der Waals surface area contributed by atoms with Gasteiger partial charge < -0.3 is 29.8 Å². The van der Waals surface area contributed by atoms with Crippen LogP contribution in [0.15, 0.2) is 97.3 Å². The first kappa shape index (κ1) is 44.0. The number of halogens is 6. The number of anilines is 2. The number of fused-ring (bicyclic) bond motifs is 2. The third kappa shape index (κ3) is 12.4. The van der Waals surface area contributed by atoms with Crippen molar-refractivity contribution in [1.29, 1.82) is 0 Å². The zero-order valence-corrected chi connectivity index (χ0v) is 32.7. The first-order chi connectivity index (χ1) is 27.7. The van der Waals surface area contributed by atoms with Crippen molar-refractivity contribution >= 4 is 51.1 Å². The van der Waals surface area contributed by atoms with E-state index in [4.69, 9.17) is 14.2 Å². The summed E-state index contributed by atoms with van der Waals surface area (Å²) >= 11 is 0. The molecule has 0 aliphatic heterocycles. The van der Waals surface area contributed by atoms with Crippen LogP contribution in [0.25, 0.3) is 21.8 Å². The smallest absolute Gasteiger partial charge is 0.419 e. The minimum absolute atomic E-state index is 0.133. The summed E-state index contributed by atoms with van der Waals surface area (Å²) in [6, 6.07) is 20.7. The van der Waals surface area contributed by atoms with Crippen LogP contribution in [0.4, 0.5) is 42.5 Å². The molecule has 0 aliphatic carbocycles. The maximum Gasteiger partial charge on any atom is 0.419 e. The number of rotatable bonds is 10. The monoisotopic (exact) mass is 824 g/mol. The molecule has 2 aromatic heterocycles. The van der Waals surface area contributed by atoms with Gasteiger partial charge in [-0.1, -0.05) is 36.4 Å². The summed E-state index contributed by atoms with van der Waals surface area (Å²) in [6.45, 7) is 8.93. The van der Waals surface area contributed by atoms with Crippen LogP contribution in [0.2, 0.25) is 0 Å². The van der Waals surface area contributed by atoms with Crippen molar-refractivity contribution in [3.8, 4) is 0 Å². The molecule has 2 heterocycles. The third-order valence-electron chi connectivity index (χ3n) is 8.46. The molecule has 0 aliphatic rings. The maximum atomic E-state index is 12.7. The first-order valence-electron chi connectivity index (χ1n) is 18.2. The summed E-state index contributed by atoms with van der Waals surface area (Å²) in [4.78, 5) is 38.5. The van der Waals surface area contributed by atoms with Crippen LogP contribution in [-0.4, -0.2) is 33.1 Å². The first-order valence-corrected chi connectivity index (χ1v) is 18.2. The molecule has 59 heavy (non-hydrogen) atoms. The summed E-state index contributed by atoms with van der Waals surface area (Å²) in [6.07, 6.45) is -6.06. The Morgan fingerprint density at radius 2 is 1.05 bits per heavy atom. The number of ether oxygens (including phenoxy) is 3. The van der Waals surface area contributed by atoms with Gasteiger partial charge in [-0.3, -0.25) is 14.2 Å². The van der Waals surface area contributed by atoms with Gasteiger partial charge in [0.25, 0.3) is 0 Å². The minimum Gasteiger partial charge on any atom is -0.443 e. The number of H-pyrrole nitrogens is 1. The summed E-state index contributed by atoms with van der Waals surface area (Å²) in [5.74, 6) is -0.447. The molecule has 6 aromatic rings. The molecule has 0 spiro atoms. The van der Waals surface area contributed by atoms with Crippen molar-refractivity contribution in [2.45, 2.75) is 79.0 Å². The zero-order valence-electron chi connectivity index (χ0n) is 32.7. The maximum absolute atomic E-state index is 12.7. The number of hydrogen-bond donors (Lipinski definition) is 3. The molecule has 2 amide bonds. The largest absolute Gasteiger partial charge is 0.443 e. The molecule has 0 atom stereocenters. The number of aromatic amines is 1. The second-order valence-electron chi connectivity index (χ2n) is 14.6. The molecule has 3 N–H and O–H groups in total. The molecule has 16 heteroatoms.